The number of carbonyl (C=O) groups excluding carboxylic acids is 1. The number of nitrogens with one attached hydrogen (secondary N) is 1. The van der Waals surface area contributed by atoms with Crippen LogP contribution < -0.4 is 5.32 Å². The Morgan fingerprint density at radius 1 is 1.30 bits per heavy atom. The molecule has 6 heteroatoms. The van der Waals surface area contributed by atoms with Gasteiger partial charge < -0.3 is 10.4 Å². The lowest BCUT2D eigenvalue weighted by atomic mass is 10.0. The highest BCUT2D eigenvalue weighted by molar-refractivity contribution is 14.1. The standard InChI is InChI=1S/C14H15IN2O3/c1-8(2)12(14(19)20)16-13(18)10-3-4-11-9(7-10)5-6-17(11)15/h3-8,12H,1-2H3,(H,16,18)(H,19,20)/t12-/m0/s1. The van der Waals surface area contributed by atoms with E-state index in [-0.39, 0.29) is 11.8 Å². The smallest absolute Gasteiger partial charge is 0.326 e. The van der Waals surface area contributed by atoms with Crippen LogP contribution in [-0.2, 0) is 4.79 Å². The molecule has 0 bridgehead atoms. The largest absolute Gasteiger partial charge is 0.480 e. The van der Waals surface area contributed by atoms with Crippen molar-refractivity contribution in [3.63, 3.8) is 0 Å². The number of rotatable bonds is 4. The zero-order valence-corrected chi connectivity index (χ0v) is 13.3. The normalized spacial score (nSPS) is 12.6. The van der Waals surface area contributed by atoms with E-state index in [2.05, 4.69) is 28.2 Å². The van der Waals surface area contributed by atoms with Crippen molar-refractivity contribution in [1.29, 1.82) is 0 Å². The maximum atomic E-state index is 12.1. The Kier molecular flexibility index (Phi) is 4.32. The molecule has 2 N–H and O–H groups in total. The van der Waals surface area contributed by atoms with E-state index < -0.39 is 12.0 Å². The third kappa shape index (κ3) is 2.95. The lowest BCUT2D eigenvalue weighted by Gasteiger charge is -2.17. The first-order valence-electron chi connectivity index (χ1n) is 6.21. The average Bonchev–Trinajstić information content (AvgIpc) is 2.76. The number of aliphatic carboxylic acids is 1. The van der Waals surface area contributed by atoms with Gasteiger partial charge in [-0.2, -0.15) is 0 Å². The lowest BCUT2D eigenvalue weighted by molar-refractivity contribution is -0.140. The number of nitrogens with zero attached hydrogens (tertiary/aromatic N) is 1. The predicted molar refractivity (Wildman–Crippen MR) is 85.1 cm³/mol. The molecule has 1 amide bonds. The highest BCUT2D eigenvalue weighted by Gasteiger charge is 2.24. The molecule has 2 rings (SSSR count). The second-order valence-corrected chi connectivity index (χ2v) is 5.97. The van der Waals surface area contributed by atoms with Crippen LogP contribution in [0.25, 0.3) is 10.9 Å². The number of hydrogen-bond acceptors (Lipinski definition) is 2. The highest BCUT2D eigenvalue weighted by Crippen LogP contribution is 2.19. The molecule has 0 spiro atoms. The van der Waals surface area contributed by atoms with Gasteiger partial charge in [0.1, 0.15) is 6.04 Å². The first-order chi connectivity index (χ1) is 9.40. The Labute approximate surface area is 130 Å². The van der Waals surface area contributed by atoms with Crippen LogP contribution in [0.3, 0.4) is 0 Å². The topological polar surface area (TPSA) is 71.3 Å². The molecule has 0 aliphatic rings. The number of carboxylic acids is 1. The monoisotopic (exact) mass is 386 g/mol. The van der Waals surface area contributed by atoms with Gasteiger partial charge in [0, 0.05) is 17.1 Å². The van der Waals surface area contributed by atoms with Crippen molar-refractivity contribution in [3.05, 3.63) is 36.0 Å². The van der Waals surface area contributed by atoms with Gasteiger partial charge in [-0.05, 0) is 30.2 Å². The summed E-state index contributed by atoms with van der Waals surface area (Å²) < 4.78 is 1.93. The quantitative estimate of drug-likeness (QED) is 0.794. The number of amides is 1. The van der Waals surface area contributed by atoms with E-state index in [9.17, 15) is 9.59 Å². The molecule has 0 aliphatic heterocycles. The zero-order chi connectivity index (χ0) is 14.9. The molecular formula is C14H15IN2O3. The molecule has 0 unspecified atom stereocenters. The minimum atomic E-state index is -1.02. The summed E-state index contributed by atoms with van der Waals surface area (Å²) in [6.45, 7) is 3.52. The number of aromatic nitrogens is 1. The highest BCUT2D eigenvalue weighted by atomic mass is 127. The van der Waals surface area contributed by atoms with Gasteiger partial charge in [0.05, 0.1) is 28.4 Å². The van der Waals surface area contributed by atoms with Gasteiger partial charge in [0.25, 0.3) is 5.91 Å². The summed E-state index contributed by atoms with van der Waals surface area (Å²) in [6.07, 6.45) is 1.90. The Morgan fingerprint density at radius 3 is 2.60 bits per heavy atom. The van der Waals surface area contributed by atoms with Crippen LogP contribution in [0.2, 0.25) is 0 Å². The fraction of sp³-hybridized carbons (Fsp3) is 0.286. The molecule has 0 aliphatic carbocycles. The summed E-state index contributed by atoms with van der Waals surface area (Å²) >= 11 is 2.16. The van der Waals surface area contributed by atoms with Crippen molar-refractivity contribution in [3.8, 4) is 0 Å². The van der Waals surface area contributed by atoms with E-state index in [1.165, 1.54) is 0 Å². The third-order valence-corrected chi connectivity index (χ3v) is 3.97. The van der Waals surface area contributed by atoms with Gasteiger partial charge in [-0.15, -0.1) is 0 Å². The van der Waals surface area contributed by atoms with E-state index in [0.29, 0.717) is 5.56 Å². The summed E-state index contributed by atoms with van der Waals surface area (Å²) in [5.41, 5.74) is 1.48. The van der Waals surface area contributed by atoms with Crippen LogP contribution in [-0.4, -0.2) is 25.8 Å². The Hall–Kier alpha value is -1.57. The van der Waals surface area contributed by atoms with Crippen molar-refractivity contribution >= 4 is 45.6 Å². The first kappa shape index (κ1) is 14.8. The lowest BCUT2D eigenvalue weighted by Crippen LogP contribution is -2.44. The molecule has 2 aromatic rings. The maximum Gasteiger partial charge on any atom is 0.326 e. The average molecular weight is 386 g/mol. The fourth-order valence-corrected chi connectivity index (χ4v) is 2.59. The molecule has 5 nitrogen and oxygen atoms in total. The van der Waals surface area contributed by atoms with Crippen LogP contribution in [0.15, 0.2) is 30.5 Å². The zero-order valence-electron chi connectivity index (χ0n) is 11.1. The van der Waals surface area contributed by atoms with Crippen LogP contribution >= 0.6 is 22.9 Å². The summed E-state index contributed by atoms with van der Waals surface area (Å²) in [5, 5.41) is 12.6. The molecule has 20 heavy (non-hydrogen) atoms. The Morgan fingerprint density at radius 2 is 2.00 bits per heavy atom. The Balaban J connectivity index is 2.24. The molecule has 0 fully saturated rings. The SMILES string of the molecule is CC(C)[C@H](NC(=O)c1ccc2c(ccn2I)c1)C(=O)O. The molecule has 0 saturated heterocycles. The molecule has 106 valence electrons. The molecule has 1 atom stereocenters. The van der Waals surface area contributed by atoms with Crippen molar-refractivity contribution in [1.82, 2.24) is 8.10 Å². The third-order valence-electron chi connectivity index (χ3n) is 3.12. The number of halogens is 1. The van der Waals surface area contributed by atoms with Crippen molar-refractivity contribution in [2.75, 3.05) is 0 Å². The van der Waals surface area contributed by atoms with E-state index >= 15 is 0 Å². The van der Waals surface area contributed by atoms with E-state index in [1.807, 2.05) is 21.1 Å². The van der Waals surface area contributed by atoms with Crippen molar-refractivity contribution in [2.24, 2.45) is 5.92 Å². The minimum absolute atomic E-state index is 0.171. The molecule has 1 aromatic carbocycles. The van der Waals surface area contributed by atoms with Gasteiger partial charge in [0.2, 0.25) is 0 Å². The van der Waals surface area contributed by atoms with Gasteiger partial charge in [-0.1, -0.05) is 13.8 Å². The summed E-state index contributed by atoms with van der Waals surface area (Å²) in [6, 6.07) is 6.34. The van der Waals surface area contributed by atoms with Gasteiger partial charge in [-0.3, -0.25) is 7.58 Å². The summed E-state index contributed by atoms with van der Waals surface area (Å²) in [7, 11) is 0. The first-order valence-corrected chi connectivity index (χ1v) is 7.17. The van der Waals surface area contributed by atoms with E-state index in [4.69, 9.17) is 5.11 Å². The van der Waals surface area contributed by atoms with E-state index in [0.717, 1.165) is 10.9 Å². The van der Waals surface area contributed by atoms with Gasteiger partial charge >= 0.3 is 5.97 Å². The molecule has 0 saturated carbocycles. The van der Waals surface area contributed by atoms with Crippen LogP contribution in [0.1, 0.15) is 24.2 Å². The molecule has 0 radical (unpaired) electrons. The molecule has 1 aromatic heterocycles. The second kappa shape index (κ2) is 5.82. The van der Waals surface area contributed by atoms with Crippen molar-refractivity contribution in [2.45, 2.75) is 19.9 Å². The maximum absolute atomic E-state index is 12.1. The minimum Gasteiger partial charge on any atom is -0.480 e. The van der Waals surface area contributed by atoms with Crippen LogP contribution in [0.5, 0.6) is 0 Å². The van der Waals surface area contributed by atoms with Crippen molar-refractivity contribution < 1.29 is 14.7 Å². The summed E-state index contributed by atoms with van der Waals surface area (Å²) in [4.78, 5) is 23.2. The fourth-order valence-electron chi connectivity index (χ4n) is 1.99. The van der Waals surface area contributed by atoms with E-state index in [1.54, 1.807) is 26.0 Å². The van der Waals surface area contributed by atoms with Crippen LogP contribution in [0, 0.1) is 5.92 Å². The van der Waals surface area contributed by atoms with Gasteiger partial charge in [0.15, 0.2) is 0 Å². The summed E-state index contributed by atoms with van der Waals surface area (Å²) in [5.74, 6) is -1.56. The Bertz CT molecular complexity index is 663. The second-order valence-electron chi connectivity index (χ2n) is 4.93. The number of benzene rings is 1. The van der Waals surface area contributed by atoms with Crippen LogP contribution in [0.4, 0.5) is 0 Å². The number of carbonyl (C=O) groups is 2. The number of hydrogen-bond donors (Lipinski definition) is 2. The predicted octanol–water partition coefficient (Wildman–Crippen LogP) is 2.68. The molecule has 1 heterocycles. The van der Waals surface area contributed by atoms with Gasteiger partial charge in [-0.25, -0.2) is 4.79 Å². The number of carboxylic acid groups (broad SMARTS) is 1. The molecular weight excluding hydrogens is 371 g/mol. The number of fused-ring (bicyclic) bond motifs is 1.